The van der Waals surface area contributed by atoms with Crippen LogP contribution in [0.2, 0.25) is 0 Å². The average molecular weight is 433 g/mol. The van der Waals surface area contributed by atoms with Crippen molar-refractivity contribution in [2.45, 2.75) is 18.6 Å². The van der Waals surface area contributed by atoms with Crippen LogP contribution in [0, 0.1) is 16.0 Å². The summed E-state index contributed by atoms with van der Waals surface area (Å²) in [7, 11) is 0. The number of carboxylic acid groups (broad SMARTS) is 2. The van der Waals surface area contributed by atoms with E-state index in [2.05, 4.69) is 5.48 Å². The van der Waals surface area contributed by atoms with Crippen molar-refractivity contribution in [3.05, 3.63) is 63.4 Å². The highest BCUT2D eigenvalue weighted by Crippen LogP contribution is 2.46. The van der Waals surface area contributed by atoms with Crippen LogP contribution in [-0.4, -0.2) is 61.6 Å². The topological polar surface area (TPSA) is 179 Å². The fourth-order valence-electron chi connectivity index (χ4n) is 3.50. The number of nitrogens with zero attached hydrogens (tertiary/aromatic N) is 2. The van der Waals surface area contributed by atoms with Crippen LogP contribution >= 0.6 is 0 Å². The van der Waals surface area contributed by atoms with E-state index in [1.807, 2.05) is 0 Å². The lowest BCUT2D eigenvalue weighted by Gasteiger charge is -2.19. The van der Waals surface area contributed by atoms with Gasteiger partial charge in [0.2, 0.25) is 0 Å². The van der Waals surface area contributed by atoms with E-state index in [0.29, 0.717) is 12.0 Å². The maximum atomic E-state index is 12.3. The van der Waals surface area contributed by atoms with Gasteiger partial charge < -0.3 is 20.2 Å². The van der Waals surface area contributed by atoms with Crippen molar-refractivity contribution in [3.63, 3.8) is 0 Å². The number of hydrogen-bond donors (Lipinski definition) is 4. The minimum atomic E-state index is -1.41. The normalized spacial score (nSPS) is 21.8. The van der Waals surface area contributed by atoms with E-state index in [1.165, 1.54) is 23.1 Å². The number of allylic oxidation sites excluding steroid dienone is 1. The Morgan fingerprint density at radius 3 is 2.71 bits per heavy atom. The van der Waals surface area contributed by atoms with Crippen LogP contribution in [0.25, 0.3) is 0 Å². The highest BCUT2D eigenvalue weighted by molar-refractivity contribution is 6.09. The molecule has 0 bridgehead atoms. The zero-order chi connectivity index (χ0) is 22.8. The molecule has 4 N–H and O–H groups in total. The van der Waals surface area contributed by atoms with Crippen molar-refractivity contribution in [1.29, 1.82) is 0 Å². The summed E-state index contributed by atoms with van der Waals surface area (Å²) >= 11 is 0. The van der Waals surface area contributed by atoms with E-state index >= 15 is 0 Å². The smallest absolute Gasteiger partial charge is 0.336 e. The molecule has 2 unspecified atom stereocenters. The number of carboxylic acids is 2. The van der Waals surface area contributed by atoms with E-state index < -0.39 is 34.2 Å². The van der Waals surface area contributed by atoms with Gasteiger partial charge in [-0.2, -0.15) is 0 Å². The highest BCUT2D eigenvalue weighted by atomic mass is 16.6. The number of aliphatic carboxylic acids is 1. The third kappa shape index (κ3) is 4.25. The molecule has 2 atom stereocenters. The molecule has 12 nitrogen and oxygen atoms in total. The van der Waals surface area contributed by atoms with Crippen molar-refractivity contribution in [3.8, 4) is 5.75 Å². The van der Waals surface area contributed by atoms with Crippen molar-refractivity contribution in [1.82, 2.24) is 10.4 Å². The second-order valence-electron chi connectivity index (χ2n) is 6.96. The summed E-state index contributed by atoms with van der Waals surface area (Å²) < 4.78 is 0. The van der Waals surface area contributed by atoms with Crippen molar-refractivity contribution < 1.29 is 39.5 Å². The lowest BCUT2D eigenvalue weighted by atomic mass is 9.86. The number of nitrogens with one attached hydrogen (secondary N) is 1. The molecule has 2 aliphatic rings. The second kappa shape index (κ2) is 8.53. The van der Waals surface area contributed by atoms with Crippen molar-refractivity contribution in [2.75, 3.05) is 13.1 Å². The lowest BCUT2D eigenvalue weighted by Crippen LogP contribution is -2.35. The molecule has 1 spiro atoms. The first-order valence-electron chi connectivity index (χ1n) is 9.18. The Labute approximate surface area is 175 Å². The maximum Gasteiger partial charge on any atom is 0.336 e. The van der Waals surface area contributed by atoms with Gasteiger partial charge in [-0.05, 0) is 30.2 Å². The fraction of sp³-hybridized carbons (Fsp3) is 0.316. The molecule has 3 rings (SSSR count). The van der Waals surface area contributed by atoms with E-state index in [4.69, 9.17) is 9.94 Å². The van der Waals surface area contributed by atoms with E-state index in [1.54, 1.807) is 0 Å². The molecule has 1 aliphatic carbocycles. The number of rotatable bonds is 10. The number of amides is 1. The summed E-state index contributed by atoms with van der Waals surface area (Å²) in [5.41, 5.74) is 1.11. The van der Waals surface area contributed by atoms with Crippen LogP contribution in [0.5, 0.6) is 5.75 Å². The largest absolute Gasteiger partial charge is 0.508 e. The molecule has 0 radical (unpaired) electrons. The Morgan fingerprint density at radius 2 is 2.06 bits per heavy atom. The van der Waals surface area contributed by atoms with Crippen molar-refractivity contribution in [2.24, 2.45) is 5.92 Å². The zero-order valence-electron chi connectivity index (χ0n) is 16.1. The Kier molecular flexibility index (Phi) is 6.04. The molecular formula is C19H19N3O9. The zero-order valence-corrected chi connectivity index (χ0v) is 16.1. The van der Waals surface area contributed by atoms with Gasteiger partial charge in [-0.15, -0.1) is 0 Å². The molecule has 0 aromatic heterocycles. The number of aromatic carboxylic acids is 1. The number of carbonyl (C=O) groups excluding carboxylic acids is 1. The second-order valence-corrected chi connectivity index (χ2v) is 6.96. The summed E-state index contributed by atoms with van der Waals surface area (Å²) in [6, 6.07) is 3.88. The SMILES string of the molecule is O=C(O)c1cc(O)ccc1CONCCCN1C(=O)C12C=CC([N+](=O)[O-])=CC2C(=O)O. The van der Waals surface area contributed by atoms with Crippen LogP contribution in [0.15, 0.2) is 42.1 Å². The number of benzene rings is 1. The Hall–Kier alpha value is -3.77. The van der Waals surface area contributed by atoms with Crippen molar-refractivity contribution >= 4 is 17.8 Å². The third-order valence-electron chi connectivity index (χ3n) is 5.10. The molecule has 1 heterocycles. The Bertz CT molecular complexity index is 1000. The van der Waals surface area contributed by atoms with Gasteiger partial charge in [0.15, 0.2) is 5.54 Å². The lowest BCUT2D eigenvalue weighted by molar-refractivity contribution is -0.419. The first-order chi connectivity index (χ1) is 14.7. The number of phenolic OH excluding ortho intramolecular Hbond substituents is 1. The first kappa shape index (κ1) is 21.9. The quantitative estimate of drug-likeness (QED) is 0.176. The Balaban J connectivity index is 1.49. The third-order valence-corrected chi connectivity index (χ3v) is 5.10. The molecule has 31 heavy (non-hydrogen) atoms. The summed E-state index contributed by atoms with van der Waals surface area (Å²) in [5, 5.41) is 38.8. The van der Waals surface area contributed by atoms with Gasteiger partial charge >= 0.3 is 11.9 Å². The van der Waals surface area contributed by atoms with E-state index in [9.17, 15) is 34.7 Å². The predicted molar refractivity (Wildman–Crippen MR) is 102 cm³/mol. The fourth-order valence-corrected chi connectivity index (χ4v) is 3.50. The molecule has 1 aromatic carbocycles. The van der Waals surface area contributed by atoms with Gasteiger partial charge in [-0.25, -0.2) is 10.3 Å². The molecule has 0 saturated carbocycles. The molecule has 1 aromatic rings. The Morgan fingerprint density at radius 1 is 1.32 bits per heavy atom. The minimum absolute atomic E-state index is 0.0766. The van der Waals surface area contributed by atoms with Gasteiger partial charge in [0.1, 0.15) is 11.7 Å². The molecule has 1 aliphatic heterocycles. The van der Waals surface area contributed by atoms with Crippen LogP contribution in [-0.2, 0) is 21.0 Å². The number of aromatic hydroxyl groups is 1. The first-order valence-corrected chi connectivity index (χ1v) is 9.18. The predicted octanol–water partition coefficient (Wildman–Crippen LogP) is 0.514. The van der Waals surface area contributed by atoms with Crippen LogP contribution in [0.3, 0.4) is 0 Å². The number of carbonyl (C=O) groups is 3. The molecule has 12 heteroatoms. The molecule has 1 amide bonds. The van der Waals surface area contributed by atoms with Gasteiger partial charge in [0.25, 0.3) is 11.6 Å². The van der Waals surface area contributed by atoms with Crippen LogP contribution in [0.1, 0.15) is 22.3 Å². The number of phenols is 1. The van der Waals surface area contributed by atoms with Gasteiger partial charge in [-0.1, -0.05) is 6.07 Å². The molecule has 164 valence electrons. The highest BCUT2D eigenvalue weighted by Gasteiger charge is 2.67. The van der Waals surface area contributed by atoms with E-state index in [0.717, 1.165) is 18.2 Å². The number of nitro groups is 1. The van der Waals surface area contributed by atoms with Gasteiger partial charge in [-0.3, -0.25) is 24.5 Å². The monoisotopic (exact) mass is 433 g/mol. The maximum absolute atomic E-state index is 12.3. The minimum Gasteiger partial charge on any atom is -0.508 e. The van der Waals surface area contributed by atoms with E-state index in [-0.39, 0.29) is 36.7 Å². The number of hydroxylamine groups is 1. The average Bonchev–Trinajstić information content (AvgIpc) is 3.26. The van der Waals surface area contributed by atoms with Crippen LogP contribution in [0.4, 0.5) is 0 Å². The number of hydrogen-bond acceptors (Lipinski definition) is 8. The summed E-state index contributed by atoms with van der Waals surface area (Å²) in [6.07, 6.45) is 3.75. The summed E-state index contributed by atoms with van der Waals surface area (Å²) in [4.78, 5) is 51.8. The molecule has 1 fully saturated rings. The molecular weight excluding hydrogens is 414 g/mol. The van der Waals surface area contributed by atoms with Crippen LogP contribution < -0.4 is 5.48 Å². The summed E-state index contributed by atoms with van der Waals surface area (Å²) in [6.45, 7) is 0.398. The summed E-state index contributed by atoms with van der Waals surface area (Å²) in [5.74, 6) is -4.49. The molecule has 1 saturated heterocycles. The standard InChI is InChI=1S/C19H19N3O9/c23-13-3-2-11(14(9-13)16(24)25)10-31-20-6-1-7-21-18(28)19(21)5-4-12(22(29)30)8-15(19)17(26)27/h2-5,8-9,15,20,23H,1,6-7,10H2,(H,24,25)(H,26,27). The van der Waals surface area contributed by atoms with Gasteiger partial charge in [0.05, 0.1) is 17.1 Å². The van der Waals surface area contributed by atoms with Gasteiger partial charge in [0, 0.05) is 25.2 Å².